The van der Waals surface area contributed by atoms with Crippen molar-refractivity contribution in [3.63, 3.8) is 0 Å². The number of fused-ring (bicyclic) bond motifs is 1. The number of amides is 1. The first-order chi connectivity index (χ1) is 12.8. The molecule has 0 spiro atoms. The Labute approximate surface area is 158 Å². The minimum atomic E-state index is -0.500. The Morgan fingerprint density at radius 2 is 1.85 bits per heavy atom. The average Bonchev–Trinajstić information content (AvgIpc) is 2.61. The molecule has 1 N–H and O–H groups in total. The van der Waals surface area contributed by atoms with Crippen LogP contribution in [-0.2, 0) is 6.42 Å². The van der Waals surface area contributed by atoms with Crippen molar-refractivity contribution < 1.29 is 14.3 Å². The molecule has 6 nitrogen and oxygen atoms in total. The van der Waals surface area contributed by atoms with Crippen LogP contribution in [0.15, 0.2) is 35.1 Å². The van der Waals surface area contributed by atoms with Crippen LogP contribution in [0.2, 0.25) is 0 Å². The quantitative estimate of drug-likeness (QED) is 0.900. The Balaban J connectivity index is 2.27. The second-order valence-electron chi connectivity index (χ2n) is 7.51. The topological polar surface area (TPSA) is 77.4 Å². The first-order valence-electron chi connectivity index (χ1n) is 9.05. The summed E-state index contributed by atoms with van der Waals surface area (Å²) >= 11 is 0. The third-order valence-electron chi connectivity index (χ3n) is 4.77. The first-order valence-corrected chi connectivity index (χ1v) is 9.05. The number of nitrogens with one attached hydrogen (secondary N) is 1. The van der Waals surface area contributed by atoms with Gasteiger partial charge in [0, 0.05) is 30.4 Å². The van der Waals surface area contributed by atoms with E-state index in [1.165, 1.54) is 17.7 Å². The predicted molar refractivity (Wildman–Crippen MR) is 103 cm³/mol. The van der Waals surface area contributed by atoms with Gasteiger partial charge in [0.05, 0.1) is 6.61 Å². The second-order valence-corrected chi connectivity index (χ2v) is 7.51. The van der Waals surface area contributed by atoms with Crippen LogP contribution in [-0.4, -0.2) is 29.9 Å². The van der Waals surface area contributed by atoms with E-state index in [9.17, 15) is 14.4 Å². The summed E-state index contributed by atoms with van der Waals surface area (Å²) in [6.07, 6.45) is 0.958. The maximum absolute atomic E-state index is 13.1. The minimum absolute atomic E-state index is 0.0295. The Morgan fingerprint density at radius 1 is 1.19 bits per heavy atom. The normalized spacial score (nSPS) is 15.2. The lowest BCUT2D eigenvalue weighted by molar-refractivity contribution is 0.0908. The molecule has 1 heterocycles. The summed E-state index contributed by atoms with van der Waals surface area (Å²) in [6, 6.07) is 8.54. The van der Waals surface area contributed by atoms with Crippen LogP contribution in [0.3, 0.4) is 0 Å². The third-order valence-corrected chi connectivity index (χ3v) is 4.77. The lowest BCUT2D eigenvalue weighted by Gasteiger charge is -2.32. The SMILES string of the molecule is CCOc1ccc(-n2c3c(cc(C(=O)NC)c2=O)C(=O)CC(C)(C)C3)cc1. The highest BCUT2D eigenvalue weighted by Crippen LogP contribution is 2.35. The molecule has 6 heteroatoms. The van der Waals surface area contributed by atoms with E-state index in [0.29, 0.717) is 42.1 Å². The molecule has 2 aromatic rings. The van der Waals surface area contributed by atoms with Gasteiger partial charge >= 0.3 is 0 Å². The van der Waals surface area contributed by atoms with Crippen molar-refractivity contribution in [2.75, 3.05) is 13.7 Å². The molecule has 1 aromatic carbocycles. The number of nitrogens with zero attached hydrogens (tertiary/aromatic N) is 1. The van der Waals surface area contributed by atoms with E-state index in [4.69, 9.17) is 4.74 Å². The Bertz CT molecular complexity index is 955. The molecule has 142 valence electrons. The van der Waals surface area contributed by atoms with Gasteiger partial charge in [-0.3, -0.25) is 19.0 Å². The molecule has 0 saturated carbocycles. The minimum Gasteiger partial charge on any atom is -0.494 e. The fraction of sp³-hybridized carbons (Fsp3) is 0.381. The van der Waals surface area contributed by atoms with E-state index in [1.807, 2.05) is 20.8 Å². The van der Waals surface area contributed by atoms with E-state index in [1.54, 1.807) is 24.3 Å². The zero-order valence-corrected chi connectivity index (χ0v) is 16.1. The predicted octanol–water partition coefficient (Wildman–Crippen LogP) is 2.75. The number of benzene rings is 1. The number of pyridine rings is 1. The number of ketones is 1. The molecule has 0 unspecified atom stereocenters. The number of rotatable bonds is 4. The Kier molecular flexibility index (Phi) is 4.91. The molecule has 0 atom stereocenters. The molecule has 1 aromatic heterocycles. The van der Waals surface area contributed by atoms with Gasteiger partial charge in [0.1, 0.15) is 11.3 Å². The summed E-state index contributed by atoms with van der Waals surface area (Å²) in [5, 5.41) is 2.48. The fourth-order valence-electron chi connectivity index (χ4n) is 3.54. The van der Waals surface area contributed by atoms with Gasteiger partial charge in [-0.2, -0.15) is 0 Å². The van der Waals surface area contributed by atoms with Crippen LogP contribution in [0.5, 0.6) is 5.75 Å². The van der Waals surface area contributed by atoms with Crippen molar-refractivity contribution in [1.29, 1.82) is 0 Å². The zero-order valence-electron chi connectivity index (χ0n) is 16.1. The van der Waals surface area contributed by atoms with Crippen LogP contribution < -0.4 is 15.6 Å². The van der Waals surface area contributed by atoms with Crippen LogP contribution >= 0.6 is 0 Å². The molecule has 3 rings (SSSR count). The van der Waals surface area contributed by atoms with Crippen molar-refractivity contribution in [2.45, 2.75) is 33.6 Å². The molecule has 0 saturated heterocycles. The molecule has 1 amide bonds. The van der Waals surface area contributed by atoms with Crippen LogP contribution in [0.4, 0.5) is 0 Å². The number of ether oxygens (including phenoxy) is 1. The molecule has 0 fully saturated rings. The molecule has 27 heavy (non-hydrogen) atoms. The van der Waals surface area contributed by atoms with Crippen LogP contribution in [0.25, 0.3) is 5.69 Å². The van der Waals surface area contributed by atoms with Crippen molar-refractivity contribution in [3.05, 3.63) is 57.5 Å². The molecule has 0 radical (unpaired) electrons. The van der Waals surface area contributed by atoms with Gasteiger partial charge in [0.25, 0.3) is 11.5 Å². The highest BCUT2D eigenvalue weighted by molar-refractivity contribution is 6.02. The highest BCUT2D eigenvalue weighted by atomic mass is 16.5. The van der Waals surface area contributed by atoms with Gasteiger partial charge in [-0.1, -0.05) is 13.8 Å². The molecular formula is C21H24N2O4. The van der Waals surface area contributed by atoms with E-state index >= 15 is 0 Å². The summed E-state index contributed by atoms with van der Waals surface area (Å²) in [4.78, 5) is 38.1. The van der Waals surface area contributed by atoms with E-state index in [0.717, 1.165) is 0 Å². The maximum atomic E-state index is 13.1. The van der Waals surface area contributed by atoms with Gasteiger partial charge in [0.2, 0.25) is 0 Å². The summed E-state index contributed by atoms with van der Waals surface area (Å²) in [7, 11) is 1.47. The summed E-state index contributed by atoms with van der Waals surface area (Å²) in [6.45, 7) is 6.46. The smallest absolute Gasteiger partial charge is 0.268 e. The molecule has 0 aliphatic heterocycles. The van der Waals surface area contributed by atoms with Crippen molar-refractivity contribution >= 4 is 11.7 Å². The number of carbonyl (C=O) groups is 2. The largest absolute Gasteiger partial charge is 0.494 e. The third kappa shape index (κ3) is 3.52. The van der Waals surface area contributed by atoms with E-state index in [-0.39, 0.29) is 16.8 Å². The van der Waals surface area contributed by atoms with Gasteiger partial charge in [0.15, 0.2) is 5.78 Å². The number of aromatic nitrogens is 1. The number of hydrogen-bond donors (Lipinski definition) is 1. The van der Waals surface area contributed by atoms with Gasteiger partial charge in [-0.05, 0) is 49.1 Å². The fourth-order valence-corrected chi connectivity index (χ4v) is 3.54. The van der Waals surface area contributed by atoms with E-state index in [2.05, 4.69) is 5.32 Å². The van der Waals surface area contributed by atoms with Gasteiger partial charge in [-0.25, -0.2) is 0 Å². The van der Waals surface area contributed by atoms with Crippen LogP contribution in [0, 0.1) is 5.41 Å². The van der Waals surface area contributed by atoms with Crippen molar-refractivity contribution in [3.8, 4) is 11.4 Å². The Hall–Kier alpha value is -2.89. The monoisotopic (exact) mass is 368 g/mol. The maximum Gasteiger partial charge on any atom is 0.268 e. The summed E-state index contributed by atoms with van der Waals surface area (Å²) in [5.74, 6) is 0.147. The van der Waals surface area contributed by atoms with Crippen molar-refractivity contribution in [2.24, 2.45) is 5.41 Å². The summed E-state index contributed by atoms with van der Waals surface area (Å²) < 4.78 is 6.96. The lowest BCUT2D eigenvalue weighted by atomic mass is 9.75. The second kappa shape index (κ2) is 7.02. The van der Waals surface area contributed by atoms with Crippen molar-refractivity contribution in [1.82, 2.24) is 9.88 Å². The highest BCUT2D eigenvalue weighted by Gasteiger charge is 2.34. The molecule has 0 bridgehead atoms. The van der Waals surface area contributed by atoms with Crippen LogP contribution in [0.1, 0.15) is 53.6 Å². The number of hydrogen-bond acceptors (Lipinski definition) is 4. The standard InChI is InChI=1S/C21H24N2O4/c1-5-27-14-8-6-13(7-9-14)23-17-11-21(2,3)12-18(24)15(17)10-16(20(23)26)19(25)22-4/h6-10H,5,11-12H2,1-4H3,(H,22,25). The van der Waals surface area contributed by atoms with Gasteiger partial charge in [-0.15, -0.1) is 0 Å². The Morgan fingerprint density at radius 3 is 2.44 bits per heavy atom. The lowest BCUT2D eigenvalue weighted by Crippen LogP contribution is -2.38. The zero-order chi connectivity index (χ0) is 19.8. The number of Topliss-reactive ketones (excluding diaryl/α,β-unsaturated/α-hetero) is 1. The molecule has 1 aliphatic rings. The van der Waals surface area contributed by atoms with E-state index < -0.39 is 11.5 Å². The molecular weight excluding hydrogens is 344 g/mol. The molecule has 1 aliphatic carbocycles. The summed E-state index contributed by atoms with van der Waals surface area (Å²) in [5.41, 5.74) is 0.995. The average molecular weight is 368 g/mol. The van der Waals surface area contributed by atoms with Gasteiger partial charge < -0.3 is 10.1 Å². The first kappa shape index (κ1) is 18.9. The number of carbonyl (C=O) groups excluding carboxylic acids is 2.